The Morgan fingerprint density at radius 2 is 2.33 bits per heavy atom. The molecule has 2 N–H and O–H groups in total. The first-order valence-corrected chi connectivity index (χ1v) is 5.72. The Labute approximate surface area is 105 Å². The molecule has 1 aliphatic rings. The maximum absolute atomic E-state index is 12.1. The first kappa shape index (κ1) is 12.4. The molecule has 1 aromatic heterocycles. The van der Waals surface area contributed by atoms with Crippen molar-refractivity contribution in [2.24, 2.45) is 5.73 Å². The second-order valence-corrected chi connectivity index (χ2v) is 3.86. The van der Waals surface area contributed by atoms with Gasteiger partial charge in [-0.3, -0.25) is 14.3 Å². The standard InChI is InChI=1S/C12H15N3O3/c1-2-18-11(16)8-15-12(17)10(13)6-5-9-4-3-7-14(9)15/h3-7,10H,2,8,13H2,1H3/t10-/m0/s1. The minimum atomic E-state index is -0.751. The number of nitrogens with zero attached hydrogens (tertiary/aromatic N) is 2. The largest absolute Gasteiger partial charge is 0.465 e. The van der Waals surface area contributed by atoms with Crippen molar-refractivity contribution in [3.63, 3.8) is 0 Å². The van der Waals surface area contributed by atoms with Crippen LogP contribution in [0, 0.1) is 0 Å². The SMILES string of the molecule is CCOC(=O)CN1C(=O)[C@@H](N)C=Cc2cccn21. The topological polar surface area (TPSA) is 77.6 Å². The molecule has 0 radical (unpaired) electrons. The minimum absolute atomic E-state index is 0.149. The molecular weight excluding hydrogens is 234 g/mol. The van der Waals surface area contributed by atoms with Gasteiger partial charge in [0, 0.05) is 6.20 Å². The van der Waals surface area contributed by atoms with Gasteiger partial charge in [-0.1, -0.05) is 6.08 Å². The van der Waals surface area contributed by atoms with E-state index in [1.54, 1.807) is 36.0 Å². The van der Waals surface area contributed by atoms with Crippen molar-refractivity contribution in [3.05, 3.63) is 30.1 Å². The molecule has 6 nitrogen and oxygen atoms in total. The summed E-state index contributed by atoms with van der Waals surface area (Å²) in [6.07, 6.45) is 5.07. The highest BCUT2D eigenvalue weighted by Crippen LogP contribution is 2.11. The zero-order chi connectivity index (χ0) is 13.1. The van der Waals surface area contributed by atoms with Crippen molar-refractivity contribution in [2.75, 3.05) is 18.2 Å². The molecule has 6 heteroatoms. The first-order chi connectivity index (χ1) is 8.63. The Kier molecular flexibility index (Phi) is 3.47. The highest BCUT2D eigenvalue weighted by molar-refractivity contribution is 5.97. The Hall–Kier alpha value is -2.08. The number of rotatable bonds is 3. The van der Waals surface area contributed by atoms with E-state index in [4.69, 9.17) is 10.5 Å². The Morgan fingerprint density at radius 3 is 3.06 bits per heavy atom. The van der Waals surface area contributed by atoms with Gasteiger partial charge in [-0.25, -0.2) is 5.01 Å². The number of ether oxygens (including phenoxy) is 1. The summed E-state index contributed by atoms with van der Waals surface area (Å²) < 4.78 is 6.45. The number of esters is 1. The summed E-state index contributed by atoms with van der Waals surface area (Å²) in [5, 5.41) is 1.29. The van der Waals surface area contributed by atoms with Crippen molar-refractivity contribution in [2.45, 2.75) is 13.0 Å². The number of carbonyl (C=O) groups is 2. The van der Waals surface area contributed by atoms with Crippen LogP contribution in [0.2, 0.25) is 0 Å². The lowest BCUT2D eigenvalue weighted by molar-refractivity contribution is -0.143. The van der Waals surface area contributed by atoms with E-state index < -0.39 is 12.0 Å². The van der Waals surface area contributed by atoms with Crippen molar-refractivity contribution >= 4 is 18.0 Å². The van der Waals surface area contributed by atoms with Crippen LogP contribution in [0.15, 0.2) is 24.4 Å². The van der Waals surface area contributed by atoms with E-state index >= 15 is 0 Å². The fraction of sp³-hybridized carbons (Fsp3) is 0.333. The van der Waals surface area contributed by atoms with Crippen LogP contribution in [0.5, 0.6) is 0 Å². The van der Waals surface area contributed by atoms with Crippen LogP contribution < -0.4 is 10.7 Å². The summed E-state index contributed by atoms with van der Waals surface area (Å²) in [4.78, 5) is 23.6. The molecular formula is C12H15N3O3. The molecule has 1 aliphatic heterocycles. The van der Waals surface area contributed by atoms with E-state index in [0.29, 0.717) is 0 Å². The third kappa shape index (κ3) is 2.28. The summed E-state index contributed by atoms with van der Waals surface area (Å²) in [6.45, 7) is 1.85. The Morgan fingerprint density at radius 1 is 1.56 bits per heavy atom. The maximum Gasteiger partial charge on any atom is 0.327 e. The average Bonchev–Trinajstić information content (AvgIpc) is 2.76. The van der Waals surface area contributed by atoms with E-state index in [1.165, 1.54) is 5.01 Å². The molecule has 0 spiro atoms. The van der Waals surface area contributed by atoms with E-state index in [-0.39, 0.29) is 19.1 Å². The third-order valence-electron chi connectivity index (χ3n) is 2.62. The number of carbonyl (C=O) groups excluding carboxylic acids is 2. The first-order valence-electron chi connectivity index (χ1n) is 5.72. The van der Waals surface area contributed by atoms with Gasteiger partial charge < -0.3 is 10.5 Å². The van der Waals surface area contributed by atoms with Crippen LogP contribution in [0.25, 0.3) is 6.08 Å². The maximum atomic E-state index is 12.1. The molecule has 2 heterocycles. The Balaban J connectivity index is 2.28. The molecule has 0 aromatic carbocycles. The van der Waals surface area contributed by atoms with Crippen molar-refractivity contribution in [1.29, 1.82) is 0 Å². The zero-order valence-corrected chi connectivity index (χ0v) is 10.1. The molecule has 0 bridgehead atoms. The molecule has 0 fully saturated rings. The average molecular weight is 249 g/mol. The van der Waals surface area contributed by atoms with Crippen LogP contribution in [0.3, 0.4) is 0 Å². The molecule has 0 saturated carbocycles. The van der Waals surface area contributed by atoms with E-state index in [2.05, 4.69) is 0 Å². The number of aromatic nitrogens is 1. The number of amides is 1. The number of hydrogen-bond donors (Lipinski definition) is 1. The highest BCUT2D eigenvalue weighted by Gasteiger charge is 2.26. The van der Waals surface area contributed by atoms with Crippen LogP contribution in [-0.2, 0) is 14.3 Å². The van der Waals surface area contributed by atoms with E-state index in [9.17, 15) is 9.59 Å². The van der Waals surface area contributed by atoms with Gasteiger partial charge in [0.1, 0.15) is 12.6 Å². The van der Waals surface area contributed by atoms with Crippen LogP contribution in [0.1, 0.15) is 12.6 Å². The van der Waals surface area contributed by atoms with Crippen LogP contribution >= 0.6 is 0 Å². The quantitative estimate of drug-likeness (QED) is 0.757. The minimum Gasteiger partial charge on any atom is -0.465 e. The van der Waals surface area contributed by atoms with Crippen molar-refractivity contribution in [1.82, 2.24) is 4.68 Å². The van der Waals surface area contributed by atoms with Crippen LogP contribution in [-0.4, -0.2) is 35.7 Å². The molecule has 18 heavy (non-hydrogen) atoms. The summed E-state index contributed by atoms with van der Waals surface area (Å²) in [5.41, 5.74) is 6.51. The Bertz CT molecular complexity index is 493. The molecule has 1 aromatic rings. The summed E-state index contributed by atoms with van der Waals surface area (Å²) >= 11 is 0. The highest BCUT2D eigenvalue weighted by atomic mass is 16.5. The van der Waals surface area contributed by atoms with Gasteiger partial charge in [0.15, 0.2) is 0 Å². The predicted molar refractivity (Wildman–Crippen MR) is 66.2 cm³/mol. The fourth-order valence-electron chi connectivity index (χ4n) is 1.78. The predicted octanol–water partition coefficient (Wildman–Crippen LogP) is -0.130. The molecule has 96 valence electrons. The number of nitrogens with two attached hydrogens (primary N) is 1. The van der Waals surface area contributed by atoms with Gasteiger partial charge in [-0.15, -0.1) is 0 Å². The third-order valence-corrected chi connectivity index (χ3v) is 2.62. The molecule has 2 rings (SSSR count). The molecule has 1 atom stereocenters. The van der Waals surface area contributed by atoms with E-state index in [0.717, 1.165) is 5.69 Å². The molecule has 0 saturated heterocycles. The van der Waals surface area contributed by atoms with Crippen molar-refractivity contribution < 1.29 is 14.3 Å². The monoisotopic (exact) mass is 249 g/mol. The summed E-state index contributed by atoms with van der Waals surface area (Å²) in [7, 11) is 0. The summed E-state index contributed by atoms with van der Waals surface area (Å²) in [6, 6.07) is 2.88. The molecule has 0 unspecified atom stereocenters. The van der Waals surface area contributed by atoms with Crippen LogP contribution in [0.4, 0.5) is 0 Å². The molecule has 0 aliphatic carbocycles. The second kappa shape index (κ2) is 5.05. The summed E-state index contributed by atoms with van der Waals surface area (Å²) in [5.74, 6) is -0.797. The van der Waals surface area contributed by atoms with Gasteiger partial charge in [-0.2, -0.15) is 0 Å². The van der Waals surface area contributed by atoms with Gasteiger partial charge in [0.25, 0.3) is 5.91 Å². The lowest BCUT2D eigenvalue weighted by atomic mass is 10.2. The number of hydrogen-bond acceptors (Lipinski definition) is 4. The van der Waals surface area contributed by atoms with Gasteiger partial charge in [0.05, 0.1) is 12.3 Å². The number of fused-ring (bicyclic) bond motifs is 1. The normalized spacial score (nSPS) is 18.4. The van der Waals surface area contributed by atoms with E-state index in [1.807, 2.05) is 6.07 Å². The lowest BCUT2D eigenvalue weighted by Gasteiger charge is -2.24. The van der Waals surface area contributed by atoms with Gasteiger partial charge in [0.2, 0.25) is 0 Å². The zero-order valence-electron chi connectivity index (χ0n) is 10.1. The molecule has 1 amide bonds. The fourth-order valence-corrected chi connectivity index (χ4v) is 1.78. The smallest absolute Gasteiger partial charge is 0.327 e. The van der Waals surface area contributed by atoms with Gasteiger partial charge in [-0.05, 0) is 25.1 Å². The van der Waals surface area contributed by atoms with Crippen molar-refractivity contribution in [3.8, 4) is 0 Å². The second-order valence-electron chi connectivity index (χ2n) is 3.86. The lowest BCUT2D eigenvalue weighted by Crippen LogP contribution is -2.50. The van der Waals surface area contributed by atoms with Gasteiger partial charge >= 0.3 is 5.97 Å².